The predicted molar refractivity (Wildman–Crippen MR) is 79.7 cm³/mol. The van der Waals surface area contributed by atoms with E-state index in [-0.39, 0.29) is 12.1 Å². The Morgan fingerprint density at radius 1 is 1.26 bits per heavy atom. The first-order valence-corrected chi connectivity index (χ1v) is 7.72. The average Bonchev–Trinajstić information content (AvgIpc) is 3.05. The highest BCUT2D eigenvalue weighted by molar-refractivity contribution is 5.09. The van der Waals surface area contributed by atoms with Gasteiger partial charge >= 0.3 is 6.18 Å². The molecule has 0 bridgehead atoms. The molecule has 2 aromatic rings. The summed E-state index contributed by atoms with van der Waals surface area (Å²) in [6.45, 7) is 3.67. The van der Waals surface area contributed by atoms with E-state index in [2.05, 4.69) is 21.9 Å². The first-order chi connectivity index (χ1) is 10.9. The summed E-state index contributed by atoms with van der Waals surface area (Å²) >= 11 is 0. The summed E-state index contributed by atoms with van der Waals surface area (Å²) in [4.78, 5) is 6.63. The van der Waals surface area contributed by atoms with Crippen molar-refractivity contribution in [3.8, 4) is 0 Å². The Hall–Kier alpha value is -1.89. The van der Waals surface area contributed by atoms with Crippen LogP contribution in [0, 0.1) is 0 Å². The molecule has 0 aliphatic carbocycles. The molecule has 124 valence electrons. The normalized spacial score (nSPS) is 21.3. The fourth-order valence-corrected chi connectivity index (χ4v) is 3.05. The lowest BCUT2D eigenvalue weighted by atomic mass is 10.0. The second-order valence-electron chi connectivity index (χ2n) is 5.90. The summed E-state index contributed by atoms with van der Waals surface area (Å²) in [7, 11) is 0. The topological polar surface area (TPSA) is 34.0 Å². The molecule has 0 radical (unpaired) electrons. The van der Waals surface area contributed by atoms with E-state index in [1.807, 2.05) is 18.2 Å². The maximum atomic E-state index is 12.7. The summed E-state index contributed by atoms with van der Waals surface area (Å²) in [5, 5.41) is 3.72. The van der Waals surface area contributed by atoms with Gasteiger partial charge in [0.05, 0.1) is 11.7 Å². The molecule has 0 spiro atoms. The third kappa shape index (κ3) is 3.55. The Morgan fingerprint density at radius 3 is 2.74 bits per heavy atom. The Kier molecular flexibility index (Phi) is 4.39. The molecule has 0 saturated carbocycles. The minimum atomic E-state index is -4.39. The molecular weight excluding hydrogens is 305 g/mol. The van der Waals surface area contributed by atoms with Crippen LogP contribution in [0.5, 0.6) is 0 Å². The van der Waals surface area contributed by atoms with Gasteiger partial charge in [-0.2, -0.15) is 18.3 Å². The summed E-state index contributed by atoms with van der Waals surface area (Å²) < 4.78 is 39.6. The molecular formula is C16H19F3N4. The summed E-state index contributed by atoms with van der Waals surface area (Å²) in [5.74, 6) is 0. The van der Waals surface area contributed by atoms with Crippen LogP contribution in [0.3, 0.4) is 0 Å². The van der Waals surface area contributed by atoms with Crippen molar-refractivity contribution in [2.45, 2.75) is 38.0 Å². The molecule has 4 nitrogen and oxygen atoms in total. The average molecular weight is 324 g/mol. The third-order valence-corrected chi connectivity index (χ3v) is 4.36. The molecule has 1 fully saturated rings. The Morgan fingerprint density at radius 2 is 2.09 bits per heavy atom. The van der Waals surface area contributed by atoms with E-state index < -0.39 is 11.9 Å². The number of likely N-dealkylation sites (tertiary alicyclic amines) is 1. The van der Waals surface area contributed by atoms with Crippen molar-refractivity contribution in [2.75, 3.05) is 13.1 Å². The van der Waals surface area contributed by atoms with Crippen LogP contribution in [-0.4, -0.2) is 32.8 Å². The van der Waals surface area contributed by atoms with E-state index in [0.717, 1.165) is 31.1 Å². The van der Waals surface area contributed by atoms with Crippen molar-refractivity contribution >= 4 is 0 Å². The maximum absolute atomic E-state index is 12.7. The number of halogens is 3. The van der Waals surface area contributed by atoms with Crippen LogP contribution in [0.2, 0.25) is 0 Å². The number of rotatable bonds is 3. The molecule has 0 aromatic carbocycles. The van der Waals surface area contributed by atoms with Gasteiger partial charge in [-0.15, -0.1) is 0 Å². The SMILES string of the molecule is C[C@@H](c1ccccn1)N1CCC[C@H](n2ccc(C(F)(F)F)n2)C1. The minimum Gasteiger partial charge on any atom is -0.293 e. The molecule has 1 aliphatic rings. The molecule has 0 unspecified atom stereocenters. The van der Waals surface area contributed by atoms with Gasteiger partial charge in [-0.05, 0) is 44.5 Å². The van der Waals surface area contributed by atoms with Crippen LogP contribution in [0.1, 0.15) is 43.2 Å². The van der Waals surface area contributed by atoms with Gasteiger partial charge in [0.25, 0.3) is 0 Å². The monoisotopic (exact) mass is 324 g/mol. The first kappa shape index (κ1) is 16.0. The zero-order valence-corrected chi connectivity index (χ0v) is 12.9. The molecule has 7 heteroatoms. The molecule has 3 rings (SSSR count). The number of aromatic nitrogens is 3. The second-order valence-corrected chi connectivity index (χ2v) is 5.90. The molecule has 2 aromatic heterocycles. The predicted octanol–water partition coefficient (Wildman–Crippen LogP) is 3.70. The van der Waals surface area contributed by atoms with Crippen LogP contribution < -0.4 is 0 Å². The van der Waals surface area contributed by atoms with Crippen LogP contribution >= 0.6 is 0 Å². The highest BCUT2D eigenvalue weighted by atomic mass is 19.4. The molecule has 3 heterocycles. The van der Waals surface area contributed by atoms with Crippen molar-refractivity contribution in [3.63, 3.8) is 0 Å². The van der Waals surface area contributed by atoms with Crippen molar-refractivity contribution in [1.82, 2.24) is 19.7 Å². The van der Waals surface area contributed by atoms with Gasteiger partial charge in [0.2, 0.25) is 0 Å². The summed E-state index contributed by atoms with van der Waals surface area (Å²) in [6.07, 6.45) is 0.577. The first-order valence-electron chi connectivity index (χ1n) is 7.72. The molecule has 2 atom stereocenters. The van der Waals surface area contributed by atoms with E-state index in [4.69, 9.17) is 0 Å². The van der Waals surface area contributed by atoms with E-state index in [1.54, 1.807) is 6.20 Å². The highest BCUT2D eigenvalue weighted by Crippen LogP contribution is 2.31. The number of hydrogen-bond acceptors (Lipinski definition) is 3. The number of pyridine rings is 1. The Bertz CT molecular complexity index is 638. The highest BCUT2D eigenvalue weighted by Gasteiger charge is 2.35. The van der Waals surface area contributed by atoms with Crippen molar-refractivity contribution in [1.29, 1.82) is 0 Å². The number of piperidine rings is 1. The number of nitrogens with zero attached hydrogens (tertiary/aromatic N) is 4. The van der Waals surface area contributed by atoms with E-state index in [0.29, 0.717) is 6.54 Å². The number of hydrogen-bond donors (Lipinski definition) is 0. The lowest BCUT2D eigenvalue weighted by Gasteiger charge is -2.36. The van der Waals surface area contributed by atoms with Gasteiger partial charge in [-0.3, -0.25) is 14.6 Å². The van der Waals surface area contributed by atoms with Crippen LogP contribution in [0.4, 0.5) is 13.2 Å². The van der Waals surface area contributed by atoms with E-state index in [1.165, 1.54) is 10.9 Å². The lowest BCUT2D eigenvalue weighted by molar-refractivity contribution is -0.141. The molecule has 1 saturated heterocycles. The largest absolute Gasteiger partial charge is 0.435 e. The van der Waals surface area contributed by atoms with Gasteiger partial charge in [-0.25, -0.2) is 0 Å². The van der Waals surface area contributed by atoms with Crippen molar-refractivity contribution in [3.05, 3.63) is 48.0 Å². The minimum absolute atomic E-state index is 0.0361. The lowest BCUT2D eigenvalue weighted by Crippen LogP contribution is -2.38. The van der Waals surface area contributed by atoms with Gasteiger partial charge in [0.1, 0.15) is 0 Å². The zero-order valence-electron chi connectivity index (χ0n) is 12.9. The van der Waals surface area contributed by atoms with Gasteiger partial charge < -0.3 is 0 Å². The summed E-state index contributed by atoms with van der Waals surface area (Å²) in [6, 6.07) is 6.94. The van der Waals surface area contributed by atoms with E-state index >= 15 is 0 Å². The van der Waals surface area contributed by atoms with Gasteiger partial charge in [-0.1, -0.05) is 6.07 Å². The van der Waals surface area contributed by atoms with Crippen LogP contribution in [-0.2, 0) is 6.18 Å². The molecule has 23 heavy (non-hydrogen) atoms. The standard InChI is InChI=1S/C16H19F3N4/c1-12(14-6-2-3-8-20-14)22-9-4-5-13(11-22)23-10-7-15(21-23)16(17,18)19/h2-3,6-8,10,12-13H,4-5,9,11H2,1H3/t12-,13-/m0/s1. The zero-order chi connectivity index (χ0) is 16.4. The molecule has 0 amide bonds. The van der Waals surface area contributed by atoms with Gasteiger partial charge in [0.15, 0.2) is 5.69 Å². The third-order valence-electron chi connectivity index (χ3n) is 4.36. The van der Waals surface area contributed by atoms with E-state index in [9.17, 15) is 13.2 Å². The fourth-order valence-electron chi connectivity index (χ4n) is 3.05. The summed E-state index contributed by atoms with van der Waals surface area (Å²) in [5.41, 5.74) is 0.150. The van der Waals surface area contributed by atoms with Crippen LogP contribution in [0.15, 0.2) is 36.7 Å². The number of alkyl halides is 3. The smallest absolute Gasteiger partial charge is 0.293 e. The second kappa shape index (κ2) is 6.31. The van der Waals surface area contributed by atoms with Crippen molar-refractivity contribution in [2.24, 2.45) is 0 Å². The van der Waals surface area contributed by atoms with Crippen LogP contribution in [0.25, 0.3) is 0 Å². The molecule has 1 aliphatic heterocycles. The maximum Gasteiger partial charge on any atom is 0.435 e. The Balaban J connectivity index is 1.72. The van der Waals surface area contributed by atoms with Gasteiger partial charge in [0, 0.05) is 25.0 Å². The van der Waals surface area contributed by atoms with Crippen molar-refractivity contribution < 1.29 is 13.2 Å². The molecule has 0 N–H and O–H groups in total. The fraction of sp³-hybridized carbons (Fsp3) is 0.500. The Labute approximate surface area is 132 Å². The quantitative estimate of drug-likeness (QED) is 0.863.